The first-order valence-corrected chi connectivity index (χ1v) is 17.4. The van der Waals surface area contributed by atoms with Crippen molar-refractivity contribution < 1.29 is 57.1 Å². The van der Waals surface area contributed by atoms with Crippen LogP contribution in [0.5, 0.6) is 0 Å². The Morgan fingerprint density at radius 2 is 1.29 bits per heavy atom. The predicted octanol–water partition coefficient (Wildman–Crippen LogP) is -4.22. The van der Waals surface area contributed by atoms with Crippen LogP contribution in [-0.2, 0) is 33.2 Å². The van der Waals surface area contributed by atoms with Crippen LogP contribution in [0.15, 0.2) is 0 Å². The number of nitrogens with two attached hydrogens (primary N) is 5. The van der Waals surface area contributed by atoms with Crippen LogP contribution in [0.2, 0.25) is 0 Å². The lowest BCUT2D eigenvalue weighted by atomic mass is 9.84. The molecule has 3 rings (SSSR count). The van der Waals surface area contributed by atoms with Crippen LogP contribution >= 0.6 is 0 Å². The fraction of sp³-hybridized carbons (Fsp3) is 1.00. The minimum atomic E-state index is -3.79. The van der Waals surface area contributed by atoms with E-state index in [0.29, 0.717) is 6.42 Å². The summed E-state index contributed by atoms with van der Waals surface area (Å²) in [5, 5.41) is 53.1. The zero-order chi connectivity index (χ0) is 33.5. The topological polar surface area (TPSA) is 312 Å². The fourth-order valence-electron chi connectivity index (χ4n) is 5.94. The minimum Gasteiger partial charge on any atom is -0.389 e. The van der Waals surface area contributed by atoms with Crippen molar-refractivity contribution in [1.29, 1.82) is 0 Å². The summed E-state index contributed by atoms with van der Waals surface area (Å²) in [5.41, 5.74) is 30.2. The van der Waals surface area contributed by atoms with Gasteiger partial charge in [-0.15, -0.1) is 0 Å². The molecule has 0 aromatic heterocycles. The van der Waals surface area contributed by atoms with Gasteiger partial charge in [0.25, 0.3) is 10.1 Å². The Balaban J connectivity index is 1.59. The summed E-state index contributed by atoms with van der Waals surface area (Å²) >= 11 is 0. The van der Waals surface area contributed by atoms with E-state index in [-0.39, 0.29) is 31.7 Å². The molecule has 2 aliphatic heterocycles. The molecule has 45 heavy (non-hydrogen) atoms. The third-order valence-corrected chi connectivity index (χ3v) is 10.1. The lowest BCUT2D eigenvalue weighted by molar-refractivity contribution is -0.317. The fourth-order valence-corrected chi connectivity index (χ4v) is 6.97. The Labute approximate surface area is 264 Å². The van der Waals surface area contributed by atoms with Gasteiger partial charge in [-0.2, -0.15) is 8.42 Å². The minimum absolute atomic E-state index is 0.0829. The largest absolute Gasteiger partial charge is 0.389 e. The second-order valence-electron chi connectivity index (χ2n) is 12.3. The Bertz CT molecular complexity index is 986. The molecule has 18 heteroatoms. The van der Waals surface area contributed by atoms with Gasteiger partial charge in [-0.05, 0) is 12.8 Å². The molecule has 15 N–H and O–H groups in total. The molecule has 1 aliphatic carbocycles. The molecular formula is C27H55N5O12S. The molecule has 0 unspecified atom stereocenters. The van der Waals surface area contributed by atoms with Gasteiger partial charge in [-0.1, -0.05) is 39.0 Å². The van der Waals surface area contributed by atoms with E-state index >= 15 is 0 Å². The van der Waals surface area contributed by atoms with Gasteiger partial charge in [0.05, 0.1) is 36.7 Å². The second-order valence-corrected chi connectivity index (χ2v) is 14.1. The molecule has 3 aliphatic rings. The molecule has 3 fully saturated rings. The standard InChI is InChI=1S/C27H55N5O12S/c1-2-3-4-5-6-7-10-45(38,39)40-9-8-15-19(33)17(31)22(36)27(41-15)44-25-14(30)11-13(29)24(23(25)37)43-26-18(32)21(35)20(34)16(12-28)42-26/h13-27,33-37H,2-12,28-32H2,1H3/t13-,14+,15+,16+,17-,18+,19+,20+,21+,22+,23-,24+,25-,26+,27+/m0/s1. The molecule has 0 aromatic rings. The maximum atomic E-state index is 12.3. The number of ether oxygens (including phenoxy) is 4. The molecule has 0 bridgehead atoms. The molecule has 2 heterocycles. The molecular weight excluding hydrogens is 618 g/mol. The van der Waals surface area contributed by atoms with Gasteiger partial charge in [0.1, 0.15) is 42.7 Å². The van der Waals surface area contributed by atoms with Gasteiger partial charge >= 0.3 is 0 Å². The third kappa shape index (κ3) is 10.2. The molecule has 1 saturated carbocycles. The van der Waals surface area contributed by atoms with Gasteiger partial charge in [0, 0.05) is 25.0 Å². The maximum absolute atomic E-state index is 12.3. The van der Waals surface area contributed by atoms with Crippen LogP contribution in [-0.4, -0.2) is 145 Å². The summed E-state index contributed by atoms with van der Waals surface area (Å²) < 4.78 is 53.0. The predicted molar refractivity (Wildman–Crippen MR) is 160 cm³/mol. The lowest BCUT2D eigenvalue weighted by Crippen LogP contribution is -2.69. The van der Waals surface area contributed by atoms with Crippen molar-refractivity contribution in [2.45, 2.75) is 150 Å². The van der Waals surface area contributed by atoms with Crippen molar-refractivity contribution in [2.24, 2.45) is 28.7 Å². The molecule has 0 radical (unpaired) electrons. The maximum Gasteiger partial charge on any atom is 0.267 e. The van der Waals surface area contributed by atoms with E-state index in [0.717, 1.165) is 32.1 Å². The first-order chi connectivity index (χ1) is 21.2. The van der Waals surface area contributed by atoms with Crippen molar-refractivity contribution in [3.05, 3.63) is 0 Å². The first kappa shape index (κ1) is 38.8. The van der Waals surface area contributed by atoms with Gasteiger partial charge in [0.2, 0.25) is 0 Å². The molecule has 0 spiro atoms. The van der Waals surface area contributed by atoms with E-state index < -0.39 is 102 Å². The van der Waals surface area contributed by atoms with Crippen molar-refractivity contribution in [2.75, 3.05) is 18.9 Å². The Hall–Kier alpha value is -0.650. The average molecular weight is 674 g/mol. The zero-order valence-corrected chi connectivity index (χ0v) is 26.6. The van der Waals surface area contributed by atoms with E-state index in [1.165, 1.54) is 0 Å². The van der Waals surface area contributed by atoms with Crippen LogP contribution in [0.4, 0.5) is 0 Å². The Kier molecular flexibility index (Phi) is 15.2. The summed E-state index contributed by atoms with van der Waals surface area (Å²) in [6, 6.07) is -4.12. The normalized spacial score (nSPS) is 43.0. The zero-order valence-electron chi connectivity index (χ0n) is 25.8. The van der Waals surface area contributed by atoms with Gasteiger partial charge < -0.3 is 73.1 Å². The Morgan fingerprint density at radius 3 is 1.91 bits per heavy atom. The van der Waals surface area contributed by atoms with E-state index in [1.807, 2.05) is 0 Å². The van der Waals surface area contributed by atoms with Gasteiger partial charge in [-0.3, -0.25) is 4.18 Å². The summed E-state index contributed by atoms with van der Waals surface area (Å²) in [6.45, 7) is 1.67. The average Bonchev–Trinajstić information content (AvgIpc) is 2.99. The monoisotopic (exact) mass is 673 g/mol. The number of rotatable bonds is 16. The van der Waals surface area contributed by atoms with Crippen molar-refractivity contribution in [3.8, 4) is 0 Å². The van der Waals surface area contributed by atoms with Crippen molar-refractivity contribution in [3.63, 3.8) is 0 Å². The van der Waals surface area contributed by atoms with Crippen LogP contribution in [0.25, 0.3) is 0 Å². The number of hydrogen-bond acceptors (Lipinski definition) is 17. The number of aliphatic hydroxyl groups excluding tert-OH is 5. The van der Waals surface area contributed by atoms with Crippen molar-refractivity contribution >= 4 is 10.1 Å². The second kappa shape index (κ2) is 17.7. The summed E-state index contributed by atoms with van der Waals surface area (Å²) in [4.78, 5) is 0. The number of aliphatic hydroxyl groups is 5. The van der Waals surface area contributed by atoms with E-state index in [1.54, 1.807) is 0 Å². The summed E-state index contributed by atoms with van der Waals surface area (Å²) in [6.07, 6.45) is -8.91. The van der Waals surface area contributed by atoms with E-state index in [9.17, 15) is 34.0 Å². The van der Waals surface area contributed by atoms with Crippen LogP contribution in [0.3, 0.4) is 0 Å². The lowest BCUT2D eigenvalue weighted by Gasteiger charge is -2.48. The molecule has 266 valence electrons. The third-order valence-electron chi connectivity index (χ3n) is 8.80. The van der Waals surface area contributed by atoms with Gasteiger partial charge in [0.15, 0.2) is 12.6 Å². The Morgan fingerprint density at radius 1 is 0.711 bits per heavy atom. The smallest absolute Gasteiger partial charge is 0.267 e. The highest BCUT2D eigenvalue weighted by Crippen LogP contribution is 2.31. The molecule has 2 saturated heterocycles. The summed E-state index contributed by atoms with van der Waals surface area (Å²) in [5.74, 6) is -0.122. The number of hydrogen-bond donors (Lipinski definition) is 10. The van der Waals surface area contributed by atoms with Crippen LogP contribution in [0.1, 0.15) is 58.3 Å². The molecule has 17 nitrogen and oxygen atoms in total. The molecule has 0 aromatic carbocycles. The quantitative estimate of drug-likeness (QED) is 0.0548. The molecule has 0 amide bonds. The highest BCUT2D eigenvalue weighted by molar-refractivity contribution is 7.86. The highest BCUT2D eigenvalue weighted by atomic mass is 32.2. The van der Waals surface area contributed by atoms with Gasteiger partial charge in [-0.25, -0.2) is 0 Å². The highest BCUT2D eigenvalue weighted by Gasteiger charge is 2.51. The van der Waals surface area contributed by atoms with E-state index in [4.69, 9.17) is 51.8 Å². The van der Waals surface area contributed by atoms with Crippen LogP contribution < -0.4 is 28.7 Å². The number of unbranched alkanes of at least 4 members (excludes halogenated alkanes) is 5. The van der Waals surface area contributed by atoms with Crippen LogP contribution in [0, 0.1) is 0 Å². The SMILES string of the molecule is CCCCCCCCS(=O)(=O)OCC[C@H]1O[C@H](O[C@@H]2[C@@H](O)[C@H](O[C@H]3O[C@H](CN)[C@@H](O)[C@H](O)[C@H]3N)[C@@H](N)C[C@H]2N)[C@H](O)[C@@H](N)[C@@H]1O. The first-order valence-electron chi connectivity index (χ1n) is 15.8. The summed E-state index contributed by atoms with van der Waals surface area (Å²) in [7, 11) is -3.79. The van der Waals surface area contributed by atoms with E-state index in [2.05, 4.69) is 6.92 Å². The molecule has 15 atom stereocenters. The van der Waals surface area contributed by atoms with Crippen molar-refractivity contribution in [1.82, 2.24) is 0 Å².